The Bertz CT molecular complexity index is 261. The summed E-state index contributed by atoms with van der Waals surface area (Å²) in [6.07, 6.45) is 7.99. The van der Waals surface area contributed by atoms with Gasteiger partial charge in [-0.1, -0.05) is 0 Å². The van der Waals surface area contributed by atoms with Crippen molar-refractivity contribution < 1.29 is 0 Å². The second-order valence-corrected chi connectivity index (χ2v) is 3.82. The molecular weight excluding hydrogens is 162 g/mol. The normalized spacial score (nSPS) is 18.2. The summed E-state index contributed by atoms with van der Waals surface area (Å²) >= 11 is 0. The van der Waals surface area contributed by atoms with Gasteiger partial charge in [0.2, 0.25) is 0 Å². The number of hydrogen-bond acceptors (Lipinski definition) is 2. The molecular formula is C10H17N3. The van der Waals surface area contributed by atoms with E-state index in [4.69, 9.17) is 0 Å². The first-order chi connectivity index (χ1) is 6.34. The standard InChI is InChI=1S/C10H17N3/c1-12-9-10(8-11-12)4-7-13-5-2-3-6-13/h8-9H,2-7H2,1H3. The smallest absolute Gasteiger partial charge is 0.0522 e. The van der Waals surface area contributed by atoms with Crippen molar-refractivity contribution >= 4 is 0 Å². The van der Waals surface area contributed by atoms with Crippen molar-refractivity contribution in [3.05, 3.63) is 18.0 Å². The molecule has 3 heteroatoms. The van der Waals surface area contributed by atoms with Gasteiger partial charge in [-0.05, 0) is 37.9 Å². The Morgan fingerprint density at radius 1 is 1.38 bits per heavy atom. The van der Waals surface area contributed by atoms with Gasteiger partial charge in [0.15, 0.2) is 0 Å². The van der Waals surface area contributed by atoms with E-state index in [1.165, 1.54) is 38.0 Å². The zero-order chi connectivity index (χ0) is 9.10. The van der Waals surface area contributed by atoms with Crippen molar-refractivity contribution in [2.45, 2.75) is 19.3 Å². The molecule has 2 heterocycles. The van der Waals surface area contributed by atoms with Gasteiger partial charge in [0, 0.05) is 19.8 Å². The zero-order valence-electron chi connectivity index (χ0n) is 8.24. The average molecular weight is 179 g/mol. The summed E-state index contributed by atoms with van der Waals surface area (Å²) in [5.74, 6) is 0. The van der Waals surface area contributed by atoms with Crippen LogP contribution < -0.4 is 0 Å². The van der Waals surface area contributed by atoms with Crippen molar-refractivity contribution in [1.82, 2.24) is 14.7 Å². The summed E-state index contributed by atoms with van der Waals surface area (Å²) in [6, 6.07) is 0. The number of aromatic nitrogens is 2. The summed E-state index contributed by atoms with van der Waals surface area (Å²) < 4.78 is 1.87. The molecule has 13 heavy (non-hydrogen) atoms. The highest BCUT2D eigenvalue weighted by Gasteiger charge is 2.10. The van der Waals surface area contributed by atoms with E-state index in [9.17, 15) is 0 Å². The quantitative estimate of drug-likeness (QED) is 0.691. The number of nitrogens with zero attached hydrogens (tertiary/aromatic N) is 3. The number of likely N-dealkylation sites (tertiary alicyclic amines) is 1. The Kier molecular flexibility index (Phi) is 2.64. The lowest BCUT2D eigenvalue weighted by molar-refractivity contribution is 0.343. The van der Waals surface area contributed by atoms with Crippen molar-refractivity contribution in [3.63, 3.8) is 0 Å². The van der Waals surface area contributed by atoms with Gasteiger partial charge in [-0.25, -0.2) is 0 Å². The number of hydrogen-bond donors (Lipinski definition) is 0. The molecule has 0 saturated carbocycles. The molecule has 1 aliphatic rings. The molecule has 1 aliphatic heterocycles. The minimum absolute atomic E-state index is 1.15. The van der Waals surface area contributed by atoms with E-state index in [1.54, 1.807) is 0 Å². The van der Waals surface area contributed by atoms with Crippen LogP contribution in [-0.2, 0) is 13.5 Å². The van der Waals surface area contributed by atoms with E-state index < -0.39 is 0 Å². The van der Waals surface area contributed by atoms with Crippen LogP contribution >= 0.6 is 0 Å². The van der Waals surface area contributed by atoms with Crippen molar-refractivity contribution in [2.24, 2.45) is 7.05 Å². The first-order valence-corrected chi connectivity index (χ1v) is 5.04. The molecule has 0 unspecified atom stereocenters. The SMILES string of the molecule is Cn1cc(CCN2CCCC2)cn1. The third kappa shape index (κ3) is 2.31. The summed E-state index contributed by atoms with van der Waals surface area (Å²) in [6.45, 7) is 3.78. The van der Waals surface area contributed by atoms with Crippen LogP contribution in [0, 0.1) is 0 Å². The summed E-state index contributed by atoms with van der Waals surface area (Å²) in [4.78, 5) is 2.53. The molecule has 72 valence electrons. The Balaban J connectivity index is 1.78. The molecule has 1 aromatic heterocycles. The Hall–Kier alpha value is -0.830. The Labute approximate surface area is 79.3 Å². The predicted molar refractivity (Wildman–Crippen MR) is 52.6 cm³/mol. The monoisotopic (exact) mass is 179 g/mol. The summed E-state index contributed by atoms with van der Waals surface area (Å²) in [5.41, 5.74) is 1.36. The molecule has 1 saturated heterocycles. The summed E-state index contributed by atoms with van der Waals surface area (Å²) in [7, 11) is 1.97. The van der Waals surface area contributed by atoms with Crippen LogP contribution in [0.25, 0.3) is 0 Å². The third-order valence-electron chi connectivity index (χ3n) is 2.67. The zero-order valence-corrected chi connectivity index (χ0v) is 8.24. The molecule has 3 nitrogen and oxygen atoms in total. The maximum atomic E-state index is 4.16. The van der Waals surface area contributed by atoms with E-state index in [0.29, 0.717) is 0 Å². The third-order valence-corrected chi connectivity index (χ3v) is 2.67. The Morgan fingerprint density at radius 2 is 2.15 bits per heavy atom. The number of rotatable bonds is 3. The van der Waals surface area contributed by atoms with Crippen LogP contribution in [0.5, 0.6) is 0 Å². The molecule has 0 atom stereocenters. The summed E-state index contributed by atoms with van der Waals surface area (Å²) in [5, 5.41) is 4.16. The van der Waals surface area contributed by atoms with Gasteiger partial charge in [-0.15, -0.1) is 0 Å². The van der Waals surface area contributed by atoms with Gasteiger partial charge < -0.3 is 4.90 Å². The van der Waals surface area contributed by atoms with E-state index in [1.807, 2.05) is 17.9 Å². The first kappa shape index (κ1) is 8.75. The van der Waals surface area contributed by atoms with Crippen LogP contribution in [0.2, 0.25) is 0 Å². The van der Waals surface area contributed by atoms with Gasteiger partial charge >= 0.3 is 0 Å². The van der Waals surface area contributed by atoms with E-state index >= 15 is 0 Å². The fourth-order valence-corrected chi connectivity index (χ4v) is 1.89. The lowest BCUT2D eigenvalue weighted by Crippen LogP contribution is -2.21. The van der Waals surface area contributed by atoms with Gasteiger partial charge in [0.1, 0.15) is 0 Å². The van der Waals surface area contributed by atoms with E-state index in [2.05, 4.69) is 16.2 Å². The molecule has 0 aromatic carbocycles. The maximum Gasteiger partial charge on any atom is 0.0522 e. The van der Waals surface area contributed by atoms with Crippen LogP contribution in [0.1, 0.15) is 18.4 Å². The minimum Gasteiger partial charge on any atom is -0.303 e. The molecule has 1 aromatic rings. The van der Waals surface area contributed by atoms with Gasteiger partial charge in [0.05, 0.1) is 6.20 Å². The lowest BCUT2D eigenvalue weighted by atomic mass is 10.2. The highest BCUT2D eigenvalue weighted by molar-refractivity contribution is 5.04. The van der Waals surface area contributed by atoms with Crippen molar-refractivity contribution in [3.8, 4) is 0 Å². The van der Waals surface area contributed by atoms with E-state index in [-0.39, 0.29) is 0 Å². The van der Waals surface area contributed by atoms with Crippen LogP contribution in [0.3, 0.4) is 0 Å². The number of aryl methyl sites for hydroxylation is 1. The topological polar surface area (TPSA) is 21.1 Å². The second-order valence-electron chi connectivity index (χ2n) is 3.82. The molecule has 2 rings (SSSR count). The molecule has 0 bridgehead atoms. The molecule has 0 amide bonds. The highest BCUT2D eigenvalue weighted by Crippen LogP contribution is 2.08. The van der Waals surface area contributed by atoms with Gasteiger partial charge in [0.25, 0.3) is 0 Å². The highest BCUT2D eigenvalue weighted by atomic mass is 15.2. The van der Waals surface area contributed by atoms with Crippen LogP contribution in [0.4, 0.5) is 0 Å². The molecule has 0 spiro atoms. The molecule has 0 aliphatic carbocycles. The largest absolute Gasteiger partial charge is 0.303 e. The fraction of sp³-hybridized carbons (Fsp3) is 0.700. The molecule has 0 radical (unpaired) electrons. The fourth-order valence-electron chi connectivity index (χ4n) is 1.89. The maximum absolute atomic E-state index is 4.16. The van der Waals surface area contributed by atoms with Gasteiger partial charge in [-0.3, -0.25) is 4.68 Å². The second kappa shape index (κ2) is 3.92. The molecule has 1 fully saturated rings. The van der Waals surface area contributed by atoms with E-state index in [0.717, 1.165) is 6.42 Å². The lowest BCUT2D eigenvalue weighted by Gasteiger charge is -2.12. The minimum atomic E-state index is 1.15. The van der Waals surface area contributed by atoms with Crippen molar-refractivity contribution in [2.75, 3.05) is 19.6 Å². The average Bonchev–Trinajstić information content (AvgIpc) is 2.71. The van der Waals surface area contributed by atoms with Crippen molar-refractivity contribution in [1.29, 1.82) is 0 Å². The molecule has 0 N–H and O–H groups in total. The van der Waals surface area contributed by atoms with Crippen LogP contribution in [0.15, 0.2) is 12.4 Å². The van der Waals surface area contributed by atoms with Gasteiger partial charge in [-0.2, -0.15) is 5.10 Å². The van der Waals surface area contributed by atoms with Crippen LogP contribution in [-0.4, -0.2) is 34.3 Å². The predicted octanol–water partition coefficient (Wildman–Crippen LogP) is 1.06. The first-order valence-electron chi connectivity index (χ1n) is 5.04. The Morgan fingerprint density at radius 3 is 2.77 bits per heavy atom.